The summed E-state index contributed by atoms with van der Waals surface area (Å²) in [6.45, 7) is 1.71. The minimum absolute atomic E-state index is 0.0171. The van der Waals surface area contributed by atoms with Crippen LogP contribution in [0.15, 0.2) is 48.5 Å². The van der Waals surface area contributed by atoms with Crippen molar-refractivity contribution in [1.29, 1.82) is 0 Å². The molecule has 166 valence electrons. The van der Waals surface area contributed by atoms with E-state index in [9.17, 15) is 9.59 Å². The van der Waals surface area contributed by atoms with E-state index in [0.29, 0.717) is 10.6 Å². The Balaban J connectivity index is 1.65. The first-order valence-electron chi connectivity index (χ1n) is 9.60. The van der Waals surface area contributed by atoms with Gasteiger partial charge in [0.15, 0.2) is 12.4 Å². The molecule has 0 saturated carbocycles. The molecule has 0 bridgehead atoms. The molecule has 1 atom stereocenters. The predicted octanol–water partition coefficient (Wildman–Crippen LogP) is 3.00. The molecule has 0 aliphatic heterocycles. The van der Waals surface area contributed by atoms with Crippen LogP contribution in [0.5, 0.6) is 0 Å². The molecule has 1 heterocycles. The molecule has 1 unspecified atom stereocenters. The smallest absolute Gasteiger partial charge is 0.312 e. The highest BCUT2D eigenvalue weighted by molar-refractivity contribution is 6.30. The van der Waals surface area contributed by atoms with Gasteiger partial charge >= 0.3 is 12.0 Å². The van der Waals surface area contributed by atoms with Gasteiger partial charge in [0.1, 0.15) is 0 Å². The van der Waals surface area contributed by atoms with Gasteiger partial charge in [-0.15, -0.1) is 0 Å². The SMILES string of the molecule is Cc1ccccc1Nc1nc(N)nc(COC(=O)CC(NC(N)=O)c2ccc(Cl)cc2)n1. The van der Waals surface area contributed by atoms with Crippen LogP contribution in [0.25, 0.3) is 0 Å². The van der Waals surface area contributed by atoms with E-state index in [0.717, 1.165) is 11.3 Å². The first kappa shape index (κ1) is 22.8. The van der Waals surface area contributed by atoms with Crippen LogP contribution < -0.4 is 22.1 Å². The number of benzene rings is 2. The number of primary amides is 1. The second kappa shape index (κ2) is 10.4. The van der Waals surface area contributed by atoms with Gasteiger partial charge in [-0.3, -0.25) is 4.79 Å². The van der Waals surface area contributed by atoms with Crippen molar-refractivity contribution < 1.29 is 14.3 Å². The fourth-order valence-electron chi connectivity index (χ4n) is 2.88. The molecule has 6 N–H and O–H groups in total. The van der Waals surface area contributed by atoms with E-state index in [1.54, 1.807) is 24.3 Å². The van der Waals surface area contributed by atoms with Crippen molar-refractivity contribution >= 4 is 41.2 Å². The highest BCUT2D eigenvalue weighted by atomic mass is 35.5. The topological polar surface area (TPSA) is 158 Å². The second-order valence-electron chi connectivity index (χ2n) is 6.85. The van der Waals surface area contributed by atoms with Gasteiger partial charge in [-0.2, -0.15) is 15.0 Å². The number of nitrogen functional groups attached to an aromatic ring is 1. The van der Waals surface area contributed by atoms with Gasteiger partial charge in [0, 0.05) is 10.7 Å². The molecule has 0 radical (unpaired) electrons. The van der Waals surface area contributed by atoms with Crippen LogP contribution in [0.2, 0.25) is 5.02 Å². The van der Waals surface area contributed by atoms with E-state index in [4.69, 9.17) is 27.8 Å². The fraction of sp³-hybridized carbons (Fsp3) is 0.190. The lowest BCUT2D eigenvalue weighted by molar-refractivity contribution is -0.145. The van der Waals surface area contributed by atoms with Gasteiger partial charge in [-0.1, -0.05) is 41.9 Å². The lowest BCUT2D eigenvalue weighted by Crippen LogP contribution is -2.34. The average Bonchev–Trinajstić information content (AvgIpc) is 2.73. The maximum absolute atomic E-state index is 12.4. The number of carbonyl (C=O) groups excluding carboxylic acids is 2. The van der Waals surface area contributed by atoms with Crippen molar-refractivity contribution in [2.24, 2.45) is 5.73 Å². The number of carbonyl (C=O) groups is 2. The third-order valence-corrected chi connectivity index (χ3v) is 4.66. The monoisotopic (exact) mass is 455 g/mol. The molecule has 0 aliphatic carbocycles. The van der Waals surface area contributed by atoms with E-state index >= 15 is 0 Å². The Hall–Kier alpha value is -3.92. The maximum Gasteiger partial charge on any atom is 0.312 e. The maximum atomic E-state index is 12.4. The lowest BCUT2D eigenvalue weighted by atomic mass is 10.0. The third-order valence-electron chi connectivity index (χ3n) is 4.41. The molecule has 1 aromatic heterocycles. The molecule has 32 heavy (non-hydrogen) atoms. The minimum atomic E-state index is -0.769. The number of nitrogens with one attached hydrogen (secondary N) is 2. The van der Waals surface area contributed by atoms with Crippen molar-refractivity contribution in [3.05, 3.63) is 70.5 Å². The van der Waals surface area contributed by atoms with Crippen LogP contribution in [0, 0.1) is 6.92 Å². The number of hydrogen-bond donors (Lipinski definition) is 4. The number of aromatic nitrogens is 3. The molecule has 2 amide bonds. The molecule has 3 aromatic rings. The fourth-order valence-corrected chi connectivity index (χ4v) is 3.01. The number of ether oxygens (including phenoxy) is 1. The normalized spacial score (nSPS) is 11.4. The molecule has 0 fully saturated rings. The number of nitrogens with two attached hydrogens (primary N) is 2. The van der Waals surface area contributed by atoms with Gasteiger partial charge < -0.3 is 26.8 Å². The summed E-state index contributed by atoms with van der Waals surface area (Å²) in [5.74, 6) is -0.206. The first-order valence-corrected chi connectivity index (χ1v) is 9.98. The summed E-state index contributed by atoms with van der Waals surface area (Å²) < 4.78 is 5.28. The zero-order valence-corrected chi connectivity index (χ0v) is 18.0. The Morgan fingerprint density at radius 1 is 1.09 bits per heavy atom. The van der Waals surface area contributed by atoms with E-state index in [1.807, 2.05) is 31.2 Å². The molecule has 0 spiro atoms. The van der Waals surface area contributed by atoms with Crippen LogP contribution in [0.4, 0.5) is 22.4 Å². The highest BCUT2D eigenvalue weighted by Gasteiger charge is 2.19. The Morgan fingerprint density at radius 2 is 1.81 bits per heavy atom. The molecule has 11 heteroatoms. The summed E-state index contributed by atoms with van der Waals surface area (Å²) in [6.07, 6.45) is -0.153. The molecule has 2 aromatic carbocycles. The first-order chi connectivity index (χ1) is 15.3. The van der Waals surface area contributed by atoms with E-state index in [1.165, 1.54) is 0 Å². The predicted molar refractivity (Wildman–Crippen MR) is 120 cm³/mol. The van der Waals surface area contributed by atoms with Crippen LogP contribution in [-0.4, -0.2) is 27.0 Å². The van der Waals surface area contributed by atoms with E-state index in [-0.39, 0.29) is 30.7 Å². The van der Waals surface area contributed by atoms with E-state index in [2.05, 4.69) is 25.6 Å². The Labute approximate surface area is 189 Å². The third kappa shape index (κ3) is 6.54. The Bertz CT molecular complexity index is 1110. The summed E-state index contributed by atoms with van der Waals surface area (Å²) in [5, 5.41) is 6.11. The van der Waals surface area contributed by atoms with Crippen molar-refractivity contribution in [3.8, 4) is 0 Å². The van der Waals surface area contributed by atoms with Crippen LogP contribution in [0.3, 0.4) is 0 Å². The molecular formula is C21H22ClN7O3. The zero-order chi connectivity index (χ0) is 23.1. The van der Waals surface area contributed by atoms with Crippen molar-refractivity contribution in [2.75, 3.05) is 11.1 Å². The summed E-state index contributed by atoms with van der Waals surface area (Å²) in [5.41, 5.74) is 13.5. The Kier molecular flexibility index (Phi) is 7.40. The molecule has 10 nitrogen and oxygen atoms in total. The number of anilines is 3. The molecular weight excluding hydrogens is 434 g/mol. The molecule has 0 aliphatic rings. The van der Waals surface area contributed by atoms with Gasteiger partial charge in [-0.05, 0) is 36.2 Å². The zero-order valence-electron chi connectivity index (χ0n) is 17.2. The summed E-state index contributed by atoms with van der Waals surface area (Å²) in [7, 11) is 0. The lowest BCUT2D eigenvalue weighted by Gasteiger charge is -2.17. The summed E-state index contributed by atoms with van der Waals surface area (Å²) >= 11 is 5.89. The number of urea groups is 1. The number of nitrogens with zero attached hydrogens (tertiary/aromatic N) is 3. The van der Waals surface area contributed by atoms with Gasteiger partial charge in [0.05, 0.1) is 12.5 Å². The number of esters is 1. The highest BCUT2D eigenvalue weighted by Crippen LogP contribution is 2.21. The van der Waals surface area contributed by atoms with E-state index < -0.39 is 18.0 Å². The van der Waals surface area contributed by atoms with Crippen LogP contribution in [0.1, 0.15) is 29.4 Å². The standard InChI is InChI=1S/C21H22ClN7O3/c1-12-4-2-3-5-15(12)26-21-28-17(27-19(23)29-21)11-32-18(30)10-16(25-20(24)31)13-6-8-14(22)9-7-13/h2-9,16H,10-11H2,1H3,(H3,24,25,31)(H3,23,26,27,28,29). The second-order valence-corrected chi connectivity index (χ2v) is 7.29. The molecule has 0 saturated heterocycles. The number of halogens is 1. The number of hydrogen-bond acceptors (Lipinski definition) is 8. The largest absolute Gasteiger partial charge is 0.457 e. The van der Waals surface area contributed by atoms with Gasteiger partial charge in [0.2, 0.25) is 11.9 Å². The van der Waals surface area contributed by atoms with Crippen molar-refractivity contribution in [2.45, 2.75) is 26.0 Å². The van der Waals surface area contributed by atoms with Gasteiger partial charge in [0.25, 0.3) is 0 Å². The van der Waals surface area contributed by atoms with Crippen molar-refractivity contribution in [3.63, 3.8) is 0 Å². The number of aryl methyl sites for hydroxylation is 1. The summed E-state index contributed by atoms with van der Waals surface area (Å²) in [6, 6.07) is 12.8. The number of rotatable bonds is 8. The number of amides is 2. The quantitative estimate of drug-likeness (QED) is 0.377. The summed E-state index contributed by atoms with van der Waals surface area (Å²) in [4.78, 5) is 36.0. The minimum Gasteiger partial charge on any atom is -0.457 e. The molecule has 3 rings (SSSR count). The van der Waals surface area contributed by atoms with Crippen molar-refractivity contribution in [1.82, 2.24) is 20.3 Å². The van der Waals surface area contributed by atoms with Crippen LogP contribution >= 0.6 is 11.6 Å². The average molecular weight is 456 g/mol. The van der Waals surface area contributed by atoms with Crippen LogP contribution in [-0.2, 0) is 16.1 Å². The van der Waals surface area contributed by atoms with Gasteiger partial charge in [-0.25, -0.2) is 4.79 Å². The number of para-hydroxylation sites is 1. The Morgan fingerprint density at radius 3 is 2.50 bits per heavy atom.